The number of fused-ring (bicyclic) bond motifs is 1. The molecule has 2 aliphatic heterocycles. The van der Waals surface area contributed by atoms with Crippen molar-refractivity contribution in [3.63, 3.8) is 0 Å². The third-order valence-corrected chi connectivity index (χ3v) is 7.75. The first-order valence-corrected chi connectivity index (χ1v) is 12.6. The van der Waals surface area contributed by atoms with E-state index >= 15 is 0 Å². The summed E-state index contributed by atoms with van der Waals surface area (Å²) in [6.45, 7) is 2.69. The van der Waals surface area contributed by atoms with Crippen LogP contribution in [-0.2, 0) is 22.4 Å². The zero-order valence-electron chi connectivity index (χ0n) is 19.7. The number of amides is 1. The fraction of sp³-hybridized carbons (Fsp3) is 0.448. The Morgan fingerprint density at radius 2 is 1.91 bits per heavy atom. The molecule has 1 amide bonds. The Labute approximate surface area is 201 Å². The molecule has 1 aromatic heterocycles. The average molecular weight is 461 g/mol. The van der Waals surface area contributed by atoms with E-state index in [1.54, 1.807) is 6.07 Å². The number of halogens is 1. The minimum Gasteiger partial charge on any atom is -0.381 e. The summed E-state index contributed by atoms with van der Waals surface area (Å²) in [5.74, 6) is 0.531. The minimum absolute atomic E-state index is 0.191. The summed E-state index contributed by atoms with van der Waals surface area (Å²) in [7, 11) is 0. The van der Waals surface area contributed by atoms with Crippen LogP contribution in [0, 0.1) is 17.2 Å². The summed E-state index contributed by atoms with van der Waals surface area (Å²) in [6.07, 6.45) is 9.69. The van der Waals surface area contributed by atoms with Crippen LogP contribution in [0.2, 0.25) is 0 Å². The normalized spacial score (nSPS) is 20.7. The van der Waals surface area contributed by atoms with E-state index in [2.05, 4.69) is 28.1 Å². The second-order valence-electron chi connectivity index (χ2n) is 10.0. The highest BCUT2D eigenvalue weighted by Crippen LogP contribution is 2.38. The third-order valence-electron chi connectivity index (χ3n) is 7.75. The van der Waals surface area contributed by atoms with Crippen molar-refractivity contribution in [3.8, 4) is 0 Å². The Balaban J connectivity index is 1.27. The number of hydrogen-bond donors (Lipinski definition) is 0. The number of aromatic nitrogens is 1. The van der Waals surface area contributed by atoms with Crippen molar-refractivity contribution >= 4 is 16.7 Å². The summed E-state index contributed by atoms with van der Waals surface area (Å²) in [5, 5.41) is 2.40. The Bertz CT molecular complexity index is 1140. The van der Waals surface area contributed by atoms with Gasteiger partial charge in [0.1, 0.15) is 5.82 Å². The van der Waals surface area contributed by atoms with E-state index in [1.807, 2.05) is 30.6 Å². The molecule has 3 heterocycles. The quantitative estimate of drug-likeness (QED) is 0.499. The van der Waals surface area contributed by atoms with Crippen LogP contribution < -0.4 is 0 Å². The van der Waals surface area contributed by atoms with E-state index in [0.717, 1.165) is 38.8 Å². The summed E-state index contributed by atoms with van der Waals surface area (Å²) >= 11 is 0. The van der Waals surface area contributed by atoms with E-state index in [9.17, 15) is 9.18 Å². The Morgan fingerprint density at radius 1 is 1.06 bits per heavy atom. The minimum atomic E-state index is -0.564. The number of carbonyl (C=O) groups excluding carboxylic acids is 1. The third kappa shape index (κ3) is 5.00. The van der Waals surface area contributed by atoms with E-state index in [1.165, 1.54) is 22.4 Å². The fourth-order valence-electron chi connectivity index (χ4n) is 5.74. The summed E-state index contributed by atoms with van der Waals surface area (Å²) in [5.41, 5.74) is 1.41. The highest BCUT2D eigenvalue weighted by molar-refractivity contribution is 5.83. The van der Waals surface area contributed by atoms with E-state index in [4.69, 9.17) is 4.74 Å². The van der Waals surface area contributed by atoms with Crippen LogP contribution in [-0.4, -0.2) is 42.1 Å². The highest BCUT2D eigenvalue weighted by atomic mass is 19.1. The van der Waals surface area contributed by atoms with Gasteiger partial charge in [0.2, 0.25) is 5.91 Å². The van der Waals surface area contributed by atoms with Gasteiger partial charge in [-0.25, -0.2) is 4.39 Å². The van der Waals surface area contributed by atoms with E-state index < -0.39 is 5.41 Å². The average Bonchev–Trinajstić information content (AvgIpc) is 3.11. The van der Waals surface area contributed by atoms with Crippen molar-refractivity contribution in [3.05, 3.63) is 77.9 Å². The number of ether oxygens (including phenoxy) is 1. The first-order valence-electron chi connectivity index (χ1n) is 12.6. The van der Waals surface area contributed by atoms with Gasteiger partial charge in [-0.15, -0.1) is 0 Å². The van der Waals surface area contributed by atoms with Gasteiger partial charge < -0.3 is 9.64 Å². The molecule has 0 N–H and O–H groups in total. The molecule has 2 saturated heterocycles. The van der Waals surface area contributed by atoms with Crippen LogP contribution in [0.4, 0.5) is 4.39 Å². The second kappa shape index (κ2) is 10.2. The number of nitrogens with zero attached hydrogens (tertiary/aromatic N) is 2. The number of benzene rings is 2. The number of rotatable bonds is 5. The molecule has 3 aromatic rings. The van der Waals surface area contributed by atoms with E-state index in [-0.39, 0.29) is 11.7 Å². The molecule has 0 radical (unpaired) electrons. The molecular formula is C29H33FN2O2. The zero-order valence-corrected chi connectivity index (χ0v) is 19.7. The molecule has 34 heavy (non-hydrogen) atoms. The lowest BCUT2D eigenvalue weighted by atomic mass is 9.74. The second-order valence-corrected chi connectivity index (χ2v) is 10.0. The maximum absolute atomic E-state index is 14.5. The molecule has 0 bridgehead atoms. The van der Waals surface area contributed by atoms with Gasteiger partial charge in [0.15, 0.2) is 0 Å². The first-order chi connectivity index (χ1) is 16.6. The maximum atomic E-state index is 14.5. The molecule has 0 saturated carbocycles. The predicted molar refractivity (Wildman–Crippen MR) is 132 cm³/mol. The van der Waals surface area contributed by atoms with Crippen LogP contribution in [0.1, 0.15) is 43.2 Å². The Morgan fingerprint density at radius 3 is 2.76 bits per heavy atom. The van der Waals surface area contributed by atoms with Crippen LogP contribution in [0.15, 0.2) is 60.9 Å². The molecule has 0 aliphatic carbocycles. The van der Waals surface area contributed by atoms with Gasteiger partial charge in [-0.3, -0.25) is 9.78 Å². The number of likely N-dealkylation sites (tertiary alicyclic amines) is 1. The lowest BCUT2D eigenvalue weighted by Gasteiger charge is -2.40. The van der Waals surface area contributed by atoms with Crippen molar-refractivity contribution < 1.29 is 13.9 Å². The predicted octanol–water partition coefficient (Wildman–Crippen LogP) is 5.58. The maximum Gasteiger partial charge on any atom is 0.229 e. The first kappa shape index (κ1) is 23.0. The molecule has 178 valence electrons. The van der Waals surface area contributed by atoms with Gasteiger partial charge in [0.25, 0.3) is 0 Å². The van der Waals surface area contributed by atoms with Crippen molar-refractivity contribution in [2.45, 2.75) is 44.9 Å². The monoisotopic (exact) mass is 460 g/mol. The molecule has 5 heteroatoms. The molecule has 2 aliphatic rings. The fourth-order valence-corrected chi connectivity index (χ4v) is 5.74. The van der Waals surface area contributed by atoms with Crippen molar-refractivity contribution in [2.75, 3.05) is 26.3 Å². The number of pyridine rings is 1. The molecule has 2 fully saturated rings. The molecule has 0 unspecified atom stereocenters. The lowest BCUT2D eigenvalue weighted by molar-refractivity contribution is -0.148. The van der Waals surface area contributed by atoms with Crippen molar-refractivity contribution in [1.29, 1.82) is 0 Å². The van der Waals surface area contributed by atoms with Crippen LogP contribution >= 0.6 is 0 Å². The van der Waals surface area contributed by atoms with E-state index in [0.29, 0.717) is 44.0 Å². The van der Waals surface area contributed by atoms with Crippen LogP contribution in [0.5, 0.6) is 0 Å². The molecule has 1 atom stereocenters. The highest BCUT2D eigenvalue weighted by Gasteiger charge is 2.43. The zero-order chi connectivity index (χ0) is 23.4. The molecule has 0 spiro atoms. The van der Waals surface area contributed by atoms with Gasteiger partial charge in [-0.05, 0) is 85.6 Å². The largest absolute Gasteiger partial charge is 0.381 e. The van der Waals surface area contributed by atoms with Gasteiger partial charge >= 0.3 is 0 Å². The smallest absolute Gasteiger partial charge is 0.229 e. The van der Waals surface area contributed by atoms with Gasteiger partial charge in [-0.2, -0.15) is 0 Å². The lowest BCUT2D eigenvalue weighted by Crippen LogP contribution is -2.48. The number of hydrogen-bond acceptors (Lipinski definition) is 3. The summed E-state index contributed by atoms with van der Waals surface area (Å²) in [6, 6.07) is 15.6. The number of carbonyl (C=O) groups is 1. The van der Waals surface area contributed by atoms with Crippen molar-refractivity contribution in [1.82, 2.24) is 9.88 Å². The van der Waals surface area contributed by atoms with Gasteiger partial charge in [0, 0.05) is 44.1 Å². The molecule has 2 aromatic carbocycles. The molecule has 4 nitrogen and oxygen atoms in total. The standard InChI is InChI=1S/C29H33FN2O2/c30-27-6-2-1-5-25(27)20-29(11-16-34-17-12-29)28(33)32-14-3-4-22(10-15-32)18-23-7-8-24-9-13-31-21-26(24)19-23/h1-2,5-9,13,19,21-22H,3-4,10-12,14-18,20H2/t22-/m1/s1. The van der Waals surface area contributed by atoms with Gasteiger partial charge in [-0.1, -0.05) is 30.3 Å². The Kier molecular flexibility index (Phi) is 6.91. The van der Waals surface area contributed by atoms with Crippen LogP contribution in [0.3, 0.4) is 0 Å². The van der Waals surface area contributed by atoms with Crippen molar-refractivity contribution in [2.24, 2.45) is 11.3 Å². The summed E-state index contributed by atoms with van der Waals surface area (Å²) < 4.78 is 20.1. The molecule has 5 rings (SSSR count). The molecular weight excluding hydrogens is 427 g/mol. The summed E-state index contributed by atoms with van der Waals surface area (Å²) in [4.78, 5) is 20.2. The van der Waals surface area contributed by atoms with Crippen LogP contribution in [0.25, 0.3) is 10.8 Å². The van der Waals surface area contributed by atoms with Gasteiger partial charge in [0.05, 0.1) is 5.41 Å². The Hall–Kier alpha value is -2.79. The topological polar surface area (TPSA) is 42.4 Å². The SMILES string of the molecule is O=C(N1CCC[C@@H](Cc2ccc3ccncc3c2)CC1)C1(Cc2ccccc2F)CCOCC1.